The molecule has 0 heterocycles. The molecule has 96 valence electrons. The summed E-state index contributed by atoms with van der Waals surface area (Å²) in [5.41, 5.74) is 6.68. The second-order valence-corrected chi connectivity index (χ2v) is 4.66. The van der Waals surface area contributed by atoms with E-state index in [1.165, 1.54) is 0 Å². The quantitative estimate of drug-likeness (QED) is 0.812. The van der Waals surface area contributed by atoms with Gasteiger partial charge in [-0.15, -0.1) is 6.42 Å². The van der Waals surface area contributed by atoms with Gasteiger partial charge in [0.2, 0.25) is 0 Å². The molecule has 0 spiro atoms. The van der Waals surface area contributed by atoms with Crippen molar-refractivity contribution in [1.82, 2.24) is 5.32 Å². The Morgan fingerprint density at radius 1 is 1.67 bits per heavy atom. The Morgan fingerprint density at radius 2 is 2.39 bits per heavy atom. The van der Waals surface area contributed by atoms with Crippen LogP contribution in [0.1, 0.15) is 18.5 Å². The predicted octanol–water partition coefficient (Wildman–Crippen LogP) is 1.60. The molecule has 4 nitrogen and oxygen atoms in total. The molecule has 1 amide bonds. The second kappa shape index (κ2) is 7.04. The minimum Gasteiger partial charge on any atom is -0.483 e. The molecule has 0 aromatic heterocycles. The highest BCUT2D eigenvalue weighted by molar-refractivity contribution is 9.10. The summed E-state index contributed by atoms with van der Waals surface area (Å²) in [4.78, 5) is 11.4. The molecule has 0 fully saturated rings. The maximum absolute atomic E-state index is 11.4. The number of hydrogen-bond acceptors (Lipinski definition) is 3. The Kier molecular flexibility index (Phi) is 5.69. The fraction of sp³-hybridized carbons (Fsp3) is 0.308. The third-order valence-electron chi connectivity index (χ3n) is 2.21. The van der Waals surface area contributed by atoms with Crippen LogP contribution in [-0.4, -0.2) is 19.1 Å². The van der Waals surface area contributed by atoms with Gasteiger partial charge in [0.25, 0.3) is 5.91 Å². The van der Waals surface area contributed by atoms with Gasteiger partial charge >= 0.3 is 0 Å². The third kappa shape index (κ3) is 4.40. The SMILES string of the molecule is C#CCNC(=O)COc1cc(Br)ccc1[C@@H](C)N. The second-order valence-electron chi connectivity index (χ2n) is 3.74. The van der Waals surface area contributed by atoms with Gasteiger partial charge in [-0.3, -0.25) is 4.79 Å². The van der Waals surface area contributed by atoms with E-state index >= 15 is 0 Å². The molecule has 1 aromatic rings. The van der Waals surface area contributed by atoms with Crippen LogP contribution < -0.4 is 15.8 Å². The molecule has 3 N–H and O–H groups in total. The predicted molar refractivity (Wildman–Crippen MR) is 74.1 cm³/mol. The molecule has 0 saturated carbocycles. The lowest BCUT2D eigenvalue weighted by molar-refractivity contribution is -0.122. The van der Waals surface area contributed by atoms with Gasteiger partial charge in [0.05, 0.1) is 6.54 Å². The molecular weight excluding hydrogens is 296 g/mol. The van der Waals surface area contributed by atoms with E-state index in [1.54, 1.807) is 6.07 Å². The number of benzene rings is 1. The van der Waals surface area contributed by atoms with Gasteiger partial charge in [0, 0.05) is 16.1 Å². The average Bonchev–Trinajstić information content (AvgIpc) is 2.33. The lowest BCUT2D eigenvalue weighted by Gasteiger charge is -2.14. The normalized spacial score (nSPS) is 11.4. The number of nitrogens with one attached hydrogen (secondary N) is 1. The molecule has 0 radical (unpaired) electrons. The molecule has 1 atom stereocenters. The monoisotopic (exact) mass is 310 g/mol. The zero-order valence-electron chi connectivity index (χ0n) is 10.1. The highest BCUT2D eigenvalue weighted by atomic mass is 79.9. The van der Waals surface area contributed by atoms with Gasteiger partial charge in [-0.25, -0.2) is 0 Å². The summed E-state index contributed by atoms with van der Waals surface area (Å²) in [6, 6.07) is 5.36. The van der Waals surface area contributed by atoms with Gasteiger partial charge in [0.1, 0.15) is 5.75 Å². The maximum atomic E-state index is 11.4. The summed E-state index contributed by atoms with van der Waals surface area (Å²) in [5, 5.41) is 2.52. The van der Waals surface area contributed by atoms with Crippen LogP contribution in [-0.2, 0) is 4.79 Å². The van der Waals surface area contributed by atoms with Crippen LogP contribution in [0.2, 0.25) is 0 Å². The smallest absolute Gasteiger partial charge is 0.258 e. The van der Waals surface area contributed by atoms with Crippen molar-refractivity contribution in [2.45, 2.75) is 13.0 Å². The number of terminal acetylenes is 1. The molecule has 0 aliphatic heterocycles. The van der Waals surface area contributed by atoms with E-state index in [4.69, 9.17) is 16.9 Å². The molecule has 0 aliphatic carbocycles. The van der Waals surface area contributed by atoms with E-state index < -0.39 is 0 Å². The van der Waals surface area contributed by atoms with Crippen molar-refractivity contribution >= 4 is 21.8 Å². The van der Waals surface area contributed by atoms with E-state index in [-0.39, 0.29) is 25.1 Å². The highest BCUT2D eigenvalue weighted by Gasteiger charge is 2.10. The number of carbonyl (C=O) groups is 1. The fourth-order valence-electron chi connectivity index (χ4n) is 1.35. The zero-order chi connectivity index (χ0) is 13.5. The van der Waals surface area contributed by atoms with Crippen LogP contribution >= 0.6 is 15.9 Å². The van der Waals surface area contributed by atoms with E-state index in [2.05, 4.69) is 27.2 Å². The summed E-state index contributed by atoms with van der Waals surface area (Å²) in [7, 11) is 0. The Bertz CT molecular complexity index is 467. The van der Waals surface area contributed by atoms with Gasteiger partial charge < -0.3 is 15.8 Å². The molecule has 5 heteroatoms. The van der Waals surface area contributed by atoms with Crippen molar-refractivity contribution in [3.05, 3.63) is 28.2 Å². The standard InChI is InChI=1S/C13H15BrN2O2/c1-3-6-16-13(17)8-18-12-7-10(14)4-5-11(12)9(2)15/h1,4-5,7,9H,6,8,15H2,2H3,(H,16,17)/t9-/m1/s1. The van der Waals surface area contributed by atoms with Crippen molar-refractivity contribution in [2.75, 3.05) is 13.2 Å². The van der Waals surface area contributed by atoms with Crippen LogP contribution in [0, 0.1) is 12.3 Å². The van der Waals surface area contributed by atoms with Crippen LogP contribution in [0.25, 0.3) is 0 Å². The van der Waals surface area contributed by atoms with E-state index in [9.17, 15) is 4.79 Å². The first-order valence-electron chi connectivity index (χ1n) is 5.42. The summed E-state index contributed by atoms with van der Waals surface area (Å²) in [5.74, 6) is 2.65. The molecular formula is C13H15BrN2O2. The van der Waals surface area contributed by atoms with Crippen molar-refractivity contribution in [3.63, 3.8) is 0 Å². The van der Waals surface area contributed by atoms with Crippen LogP contribution in [0.15, 0.2) is 22.7 Å². The zero-order valence-corrected chi connectivity index (χ0v) is 11.7. The topological polar surface area (TPSA) is 64.3 Å². The lowest BCUT2D eigenvalue weighted by Crippen LogP contribution is -2.29. The molecule has 18 heavy (non-hydrogen) atoms. The minimum absolute atomic E-state index is 0.0855. The largest absolute Gasteiger partial charge is 0.483 e. The number of nitrogens with two attached hydrogens (primary N) is 1. The maximum Gasteiger partial charge on any atom is 0.258 e. The molecule has 0 unspecified atom stereocenters. The number of amides is 1. The lowest BCUT2D eigenvalue weighted by atomic mass is 10.1. The van der Waals surface area contributed by atoms with E-state index in [0.717, 1.165) is 10.0 Å². The minimum atomic E-state index is -0.261. The molecule has 1 aromatic carbocycles. The van der Waals surface area contributed by atoms with Gasteiger partial charge in [-0.1, -0.05) is 27.9 Å². The Labute approximate surface area is 115 Å². The van der Waals surface area contributed by atoms with E-state index in [1.807, 2.05) is 19.1 Å². The van der Waals surface area contributed by atoms with Crippen LogP contribution in [0.4, 0.5) is 0 Å². The van der Waals surface area contributed by atoms with E-state index in [0.29, 0.717) is 5.75 Å². The van der Waals surface area contributed by atoms with Crippen LogP contribution in [0.5, 0.6) is 5.75 Å². The summed E-state index contributed by atoms with van der Waals surface area (Å²) < 4.78 is 6.31. The number of carbonyl (C=O) groups excluding carboxylic acids is 1. The Balaban J connectivity index is 2.69. The Hall–Kier alpha value is -1.51. The number of halogens is 1. The van der Waals surface area contributed by atoms with Crippen molar-refractivity contribution in [3.8, 4) is 18.1 Å². The molecule has 0 bridgehead atoms. The first kappa shape index (κ1) is 14.6. The first-order valence-corrected chi connectivity index (χ1v) is 6.22. The Morgan fingerprint density at radius 3 is 3.00 bits per heavy atom. The highest BCUT2D eigenvalue weighted by Crippen LogP contribution is 2.27. The number of ether oxygens (including phenoxy) is 1. The molecule has 0 aliphatic rings. The van der Waals surface area contributed by atoms with Crippen molar-refractivity contribution in [2.24, 2.45) is 5.73 Å². The fourth-order valence-corrected chi connectivity index (χ4v) is 1.69. The first-order chi connectivity index (χ1) is 8.54. The van der Waals surface area contributed by atoms with Crippen molar-refractivity contribution < 1.29 is 9.53 Å². The molecule has 1 rings (SSSR count). The van der Waals surface area contributed by atoms with Crippen molar-refractivity contribution in [1.29, 1.82) is 0 Å². The summed E-state index contributed by atoms with van der Waals surface area (Å²) in [6.07, 6.45) is 5.04. The summed E-state index contributed by atoms with van der Waals surface area (Å²) in [6.45, 7) is 1.97. The number of rotatable bonds is 5. The van der Waals surface area contributed by atoms with Gasteiger partial charge in [-0.2, -0.15) is 0 Å². The summed E-state index contributed by atoms with van der Waals surface area (Å²) >= 11 is 3.35. The average molecular weight is 311 g/mol. The number of hydrogen-bond donors (Lipinski definition) is 2. The van der Waals surface area contributed by atoms with Crippen LogP contribution in [0.3, 0.4) is 0 Å². The molecule has 0 saturated heterocycles. The van der Waals surface area contributed by atoms with Gasteiger partial charge in [0.15, 0.2) is 6.61 Å². The third-order valence-corrected chi connectivity index (χ3v) is 2.71. The van der Waals surface area contributed by atoms with Gasteiger partial charge in [-0.05, 0) is 19.1 Å².